The molecule has 120 valence electrons. The molecule has 0 bridgehead atoms. The van der Waals surface area contributed by atoms with Crippen LogP contribution in [0.15, 0.2) is 36.7 Å². The molecular formula is C17H17Cl2N3O. The molecule has 0 fully saturated rings. The highest BCUT2D eigenvalue weighted by Gasteiger charge is 2.17. The Hall–Kier alpha value is -1.91. The minimum atomic E-state index is -0.0795. The van der Waals surface area contributed by atoms with Crippen molar-refractivity contribution in [2.45, 2.75) is 26.3 Å². The van der Waals surface area contributed by atoms with E-state index >= 15 is 0 Å². The van der Waals surface area contributed by atoms with Crippen LogP contribution in [0.2, 0.25) is 10.0 Å². The Kier molecular flexibility index (Phi) is 3.90. The molecule has 0 aliphatic rings. The SMILES string of the molecule is CC(C)(C)n1cnc2ccc(Oc3c(Cl)cc(N)cc3Cl)cc21. The van der Waals surface area contributed by atoms with Crippen LogP contribution >= 0.6 is 23.2 Å². The van der Waals surface area contributed by atoms with Crippen molar-refractivity contribution >= 4 is 39.9 Å². The van der Waals surface area contributed by atoms with Crippen LogP contribution in [-0.4, -0.2) is 9.55 Å². The highest BCUT2D eigenvalue weighted by Crippen LogP contribution is 2.38. The number of halogens is 2. The van der Waals surface area contributed by atoms with Gasteiger partial charge in [0.15, 0.2) is 5.75 Å². The van der Waals surface area contributed by atoms with Crippen molar-refractivity contribution in [1.82, 2.24) is 9.55 Å². The van der Waals surface area contributed by atoms with Crippen LogP contribution < -0.4 is 10.5 Å². The largest absolute Gasteiger partial charge is 0.454 e. The number of hydrogen-bond acceptors (Lipinski definition) is 3. The number of nitrogen functional groups attached to an aromatic ring is 1. The first-order chi connectivity index (χ1) is 10.8. The summed E-state index contributed by atoms with van der Waals surface area (Å²) in [6, 6.07) is 8.90. The standard InChI is InChI=1S/C17H17Cl2N3O/c1-17(2,3)22-9-21-14-5-4-11(8-15(14)22)23-16-12(18)6-10(20)7-13(16)19/h4-9H,20H2,1-3H3. The van der Waals surface area contributed by atoms with Crippen LogP contribution in [-0.2, 0) is 5.54 Å². The topological polar surface area (TPSA) is 53.1 Å². The van der Waals surface area contributed by atoms with Crippen LogP contribution in [0.5, 0.6) is 11.5 Å². The number of nitrogens with zero attached hydrogens (tertiary/aromatic N) is 2. The average Bonchev–Trinajstić information content (AvgIpc) is 2.85. The van der Waals surface area contributed by atoms with Gasteiger partial charge in [-0.1, -0.05) is 23.2 Å². The van der Waals surface area contributed by atoms with E-state index in [4.69, 9.17) is 33.7 Å². The van der Waals surface area contributed by atoms with Gasteiger partial charge in [0, 0.05) is 17.3 Å². The molecular weight excluding hydrogens is 333 g/mol. The van der Waals surface area contributed by atoms with Crippen LogP contribution in [0.4, 0.5) is 5.69 Å². The molecule has 0 aliphatic heterocycles. The molecule has 3 rings (SSSR count). The molecule has 0 saturated heterocycles. The molecule has 4 nitrogen and oxygen atoms in total. The van der Waals surface area contributed by atoms with E-state index in [0.717, 1.165) is 11.0 Å². The molecule has 0 aliphatic carbocycles. The molecule has 1 aromatic heterocycles. The molecule has 3 aromatic rings. The van der Waals surface area contributed by atoms with Gasteiger partial charge in [-0.25, -0.2) is 4.98 Å². The summed E-state index contributed by atoms with van der Waals surface area (Å²) in [5.41, 5.74) is 8.02. The first-order valence-electron chi connectivity index (χ1n) is 7.15. The highest BCUT2D eigenvalue weighted by molar-refractivity contribution is 6.37. The molecule has 1 heterocycles. The molecule has 2 aromatic carbocycles. The van der Waals surface area contributed by atoms with E-state index < -0.39 is 0 Å². The minimum Gasteiger partial charge on any atom is -0.454 e. The lowest BCUT2D eigenvalue weighted by molar-refractivity contribution is 0.407. The van der Waals surface area contributed by atoms with E-state index in [0.29, 0.717) is 27.2 Å². The molecule has 0 spiro atoms. The van der Waals surface area contributed by atoms with Gasteiger partial charge in [0.2, 0.25) is 0 Å². The molecule has 0 saturated carbocycles. The van der Waals surface area contributed by atoms with Gasteiger partial charge in [-0.2, -0.15) is 0 Å². The van der Waals surface area contributed by atoms with Crippen molar-refractivity contribution in [3.63, 3.8) is 0 Å². The predicted octanol–water partition coefficient (Wildman–Crippen LogP) is 5.47. The first kappa shape index (κ1) is 16.0. The van der Waals surface area contributed by atoms with Gasteiger partial charge in [0.05, 0.1) is 27.4 Å². The van der Waals surface area contributed by atoms with E-state index in [1.165, 1.54) is 0 Å². The summed E-state index contributed by atoms with van der Waals surface area (Å²) >= 11 is 12.4. The van der Waals surface area contributed by atoms with Crippen molar-refractivity contribution in [2.24, 2.45) is 0 Å². The zero-order valence-corrected chi connectivity index (χ0v) is 14.6. The molecule has 2 N–H and O–H groups in total. The number of imidazole rings is 1. The second kappa shape index (κ2) is 5.62. The normalized spacial score (nSPS) is 11.9. The number of ether oxygens (including phenoxy) is 1. The Balaban J connectivity index is 2.05. The third kappa shape index (κ3) is 3.09. The van der Waals surface area contributed by atoms with Gasteiger partial charge >= 0.3 is 0 Å². The summed E-state index contributed by atoms with van der Waals surface area (Å²) in [6.07, 6.45) is 1.83. The fourth-order valence-corrected chi connectivity index (χ4v) is 2.96. The zero-order valence-electron chi connectivity index (χ0n) is 13.1. The summed E-state index contributed by atoms with van der Waals surface area (Å²) in [5.74, 6) is 1.03. The summed E-state index contributed by atoms with van der Waals surface area (Å²) in [6.45, 7) is 6.36. The number of nitrogens with two attached hydrogens (primary N) is 1. The fourth-order valence-electron chi connectivity index (χ4n) is 2.38. The van der Waals surface area contributed by atoms with Crippen LogP contribution in [0, 0.1) is 0 Å². The fraction of sp³-hybridized carbons (Fsp3) is 0.235. The summed E-state index contributed by atoms with van der Waals surface area (Å²) in [7, 11) is 0. The molecule has 6 heteroatoms. The van der Waals surface area contributed by atoms with E-state index in [-0.39, 0.29) is 5.54 Å². The third-order valence-corrected chi connectivity index (χ3v) is 4.04. The lowest BCUT2D eigenvalue weighted by atomic mass is 10.1. The molecule has 0 radical (unpaired) electrons. The monoisotopic (exact) mass is 349 g/mol. The number of hydrogen-bond donors (Lipinski definition) is 1. The van der Waals surface area contributed by atoms with Crippen molar-refractivity contribution < 1.29 is 4.74 Å². The molecule has 0 unspecified atom stereocenters. The van der Waals surface area contributed by atoms with Gasteiger partial charge in [-0.05, 0) is 45.0 Å². The number of benzene rings is 2. The summed E-state index contributed by atoms with van der Waals surface area (Å²) in [5, 5.41) is 0.749. The van der Waals surface area contributed by atoms with Gasteiger partial charge in [0.1, 0.15) is 5.75 Å². The third-order valence-electron chi connectivity index (χ3n) is 3.48. The van der Waals surface area contributed by atoms with Crippen molar-refractivity contribution in [3.8, 4) is 11.5 Å². The second-order valence-corrected chi connectivity index (χ2v) is 7.17. The van der Waals surface area contributed by atoms with Gasteiger partial charge in [-0.15, -0.1) is 0 Å². The molecule has 0 amide bonds. The van der Waals surface area contributed by atoms with Crippen molar-refractivity contribution in [3.05, 3.63) is 46.7 Å². The van der Waals surface area contributed by atoms with Crippen molar-refractivity contribution in [2.75, 3.05) is 5.73 Å². The van der Waals surface area contributed by atoms with Crippen LogP contribution in [0.3, 0.4) is 0 Å². The van der Waals surface area contributed by atoms with Crippen LogP contribution in [0.25, 0.3) is 11.0 Å². The lowest BCUT2D eigenvalue weighted by Crippen LogP contribution is -2.20. The Labute approximate surface area is 144 Å². The minimum absolute atomic E-state index is 0.0795. The quantitative estimate of drug-likeness (QED) is 0.623. The lowest BCUT2D eigenvalue weighted by Gasteiger charge is -2.21. The van der Waals surface area contributed by atoms with E-state index in [2.05, 4.69) is 30.3 Å². The van der Waals surface area contributed by atoms with Crippen LogP contribution in [0.1, 0.15) is 20.8 Å². The number of rotatable bonds is 2. The maximum absolute atomic E-state index is 6.18. The van der Waals surface area contributed by atoms with E-state index in [9.17, 15) is 0 Å². The zero-order chi connectivity index (χ0) is 16.8. The smallest absolute Gasteiger partial charge is 0.164 e. The Bertz CT molecular complexity index is 858. The first-order valence-corrected chi connectivity index (χ1v) is 7.91. The highest BCUT2D eigenvalue weighted by atomic mass is 35.5. The number of aromatic nitrogens is 2. The maximum atomic E-state index is 6.18. The summed E-state index contributed by atoms with van der Waals surface area (Å²) in [4.78, 5) is 4.42. The van der Waals surface area contributed by atoms with E-state index in [1.807, 2.05) is 24.5 Å². The molecule has 0 atom stereocenters. The number of fused-ring (bicyclic) bond motifs is 1. The Morgan fingerprint density at radius 2 is 1.74 bits per heavy atom. The van der Waals surface area contributed by atoms with Crippen molar-refractivity contribution in [1.29, 1.82) is 0 Å². The second-order valence-electron chi connectivity index (χ2n) is 6.35. The predicted molar refractivity (Wildman–Crippen MR) is 95.7 cm³/mol. The summed E-state index contributed by atoms with van der Waals surface area (Å²) < 4.78 is 7.98. The Morgan fingerprint density at radius 3 is 2.35 bits per heavy atom. The molecule has 23 heavy (non-hydrogen) atoms. The Morgan fingerprint density at radius 1 is 1.09 bits per heavy atom. The average molecular weight is 350 g/mol. The van der Waals surface area contributed by atoms with E-state index in [1.54, 1.807) is 12.1 Å². The van der Waals surface area contributed by atoms with Gasteiger partial charge < -0.3 is 15.0 Å². The van der Waals surface area contributed by atoms with Gasteiger partial charge in [0.25, 0.3) is 0 Å². The number of anilines is 1. The van der Waals surface area contributed by atoms with Gasteiger partial charge in [-0.3, -0.25) is 0 Å². The maximum Gasteiger partial charge on any atom is 0.164 e.